The molecule has 0 bridgehead atoms. The van der Waals surface area contributed by atoms with Crippen molar-refractivity contribution < 1.29 is 0 Å². The maximum Gasteiger partial charge on any atom is -0.00180 e. The third-order valence-corrected chi connectivity index (χ3v) is 4.65. The SMILES string of the molecule is CCCCCCCCCNCC1CCCCC1C. The van der Waals surface area contributed by atoms with Gasteiger partial charge in [0.25, 0.3) is 0 Å². The first-order valence-electron chi connectivity index (χ1n) is 8.55. The van der Waals surface area contributed by atoms with Crippen molar-refractivity contribution in [1.82, 2.24) is 5.32 Å². The van der Waals surface area contributed by atoms with Crippen LogP contribution < -0.4 is 5.32 Å². The molecule has 0 aromatic heterocycles. The lowest BCUT2D eigenvalue weighted by Gasteiger charge is -2.28. The maximum atomic E-state index is 3.69. The molecule has 0 heterocycles. The van der Waals surface area contributed by atoms with Crippen LogP contribution in [-0.2, 0) is 0 Å². The number of rotatable bonds is 10. The van der Waals surface area contributed by atoms with Gasteiger partial charge in [-0.1, -0.05) is 71.6 Å². The zero-order chi connectivity index (χ0) is 13.1. The first kappa shape index (κ1) is 16.0. The highest BCUT2D eigenvalue weighted by Crippen LogP contribution is 2.28. The highest BCUT2D eigenvalue weighted by molar-refractivity contribution is 4.73. The minimum atomic E-state index is 0.959. The molecule has 0 aromatic carbocycles. The van der Waals surface area contributed by atoms with E-state index >= 15 is 0 Å². The smallest absolute Gasteiger partial charge is 0.00180 e. The zero-order valence-electron chi connectivity index (χ0n) is 12.8. The van der Waals surface area contributed by atoms with Gasteiger partial charge in [0.2, 0.25) is 0 Å². The molecule has 1 heteroatoms. The van der Waals surface area contributed by atoms with Gasteiger partial charge < -0.3 is 5.32 Å². The van der Waals surface area contributed by atoms with E-state index in [1.807, 2.05) is 0 Å². The van der Waals surface area contributed by atoms with Crippen LogP contribution in [0.5, 0.6) is 0 Å². The highest BCUT2D eigenvalue weighted by Gasteiger charge is 2.20. The molecule has 1 saturated carbocycles. The third-order valence-electron chi connectivity index (χ3n) is 4.65. The van der Waals surface area contributed by atoms with Gasteiger partial charge in [-0.3, -0.25) is 0 Å². The Hall–Kier alpha value is -0.0400. The van der Waals surface area contributed by atoms with Crippen LogP contribution in [0.15, 0.2) is 0 Å². The average molecular weight is 253 g/mol. The van der Waals surface area contributed by atoms with E-state index in [4.69, 9.17) is 0 Å². The molecule has 1 aliphatic rings. The lowest BCUT2D eigenvalue weighted by atomic mass is 9.80. The van der Waals surface area contributed by atoms with E-state index in [1.54, 1.807) is 0 Å². The standard InChI is InChI=1S/C17H35N/c1-3-4-5-6-7-8-11-14-18-15-17-13-10-9-12-16(17)2/h16-18H,3-15H2,1-2H3. The zero-order valence-corrected chi connectivity index (χ0v) is 12.8. The van der Waals surface area contributed by atoms with Crippen molar-refractivity contribution in [2.24, 2.45) is 11.8 Å². The lowest BCUT2D eigenvalue weighted by molar-refractivity contribution is 0.248. The lowest BCUT2D eigenvalue weighted by Crippen LogP contribution is -2.29. The summed E-state index contributed by atoms with van der Waals surface area (Å²) in [7, 11) is 0. The molecule has 0 aromatic rings. The van der Waals surface area contributed by atoms with Gasteiger partial charge in [-0.2, -0.15) is 0 Å². The number of nitrogens with one attached hydrogen (secondary N) is 1. The first-order valence-corrected chi connectivity index (χ1v) is 8.55. The van der Waals surface area contributed by atoms with Crippen LogP contribution in [-0.4, -0.2) is 13.1 Å². The fourth-order valence-corrected chi connectivity index (χ4v) is 3.19. The summed E-state index contributed by atoms with van der Waals surface area (Å²) >= 11 is 0. The molecular formula is C17H35N. The van der Waals surface area contributed by atoms with Crippen LogP contribution in [0.25, 0.3) is 0 Å². The Bertz CT molecular complexity index is 178. The molecule has 0 radical (unpaired) electrons. The Kier molecular flexibility index (Phi) is 9.65. The van der Waals surface area contributed by atoms with Crippen LogP contribution in [0.4, 0.5) is 0 Å². The second-order valence-corrected chi connectivity index (χ2v) is 6.35. The number of hydrogen-bond acceptors (Lipinski definition) is 1. The summed E-state index contributed by atoms with van der Waals surface area (Å²) in [6.07, 6.45) is 15.8. The fourth-order valence-electron chi connectivity index (χ4n) is 3.19. The predicted molar refractivity (Wildman–Crippen MR) is 82.0 cm³/mol. The van der Waals surface area contributed by atoms with Crippen molar-refractivity contribution in [3.05, 3.63) is 0 Å². The molecule has 1 nitrogen and oxygen atoms in total. The summed E-state index contributed by atoms with van der Waals surface area (Å²) in [5.74, 6) is 1.92. The molecular weight excluding hydrogens is 218 g/mol. The van der Waals surface area contributed by atoms with Gasteiger partial charge in [0.05, 0.1) is 0 Å². The van der Waals surface area contributed by atoms with E-state index in [1.165, 1.54) is 83.7 Å². The van der Waals surface area contributed by atoms with Gasteiger partial charge in [0.15, 0.2) is 0 Å². The minimum absolute atomic E-state index is 0.959. The van der Waals surface area contributed by atoms with Gasteiger partial charge in [0.1, 0.15) is 0 Å². The van der Waals surface area contributed by atoms with Crippen molar-refractivity contribution in [2.45, 2.75) is 84.5 Å². The minimum Gasteiger partial charge on any atom is -0.316 e. The normalized spacial score (nSPS) is 24.3. The molecule has 2 unspecified atom stereocenters. The van der Waals surface area contributed by atoms with Crippen molar-refractivity contribution in [1.29, 1.82) is 0 Å². The van der Waals surface area contributed by atoms with E-state index < -0.39 is 0 Å². The van der Waals surface area contributed by atoms with E-state index in [-0.39, 0.29) is 0 Å². The summed E-state index contributed by atoms with van der Waals surface area (Å²) in [5, 5.41) is 3.69. The predicted octanol–water partition coefficient (Wildman–Crippen LogP) is 5.15. The summed E-state index contributed by atoms with van der Waals surface area (Å²) in [6, 6.07) is 0. The molecule has 2 atom stereocenters. The molecule has 0 spiro atoms. The molecule has 0 amide bonds. The number of unbranched alkanes of at least 4 members (excludes halogenated alkanes) is 6. The summed E-state index contributed by atoms with van der Waals surface area (Å²) < 4.78 is 0. The van der Waals surface area contributed by atoms with Crippen molar-refractivity contribution in [3.8, 4) is 0 Å². The topological polar surface area (TPSA) is 12.0 Å². The third kappa shape index (κ3) is 7.41. The molecule has 0 saturated heterocycles. The van der Waals surface area contributed by atoms with Crippen LogP contribution in [0.3, 0.4) is 0 Å². The molecule has 1 aliphatic carbocycles. The highest BCUT2D eigenvalue weighted by atomic mass is 14.9. The molecule has 1 fully saturated rings. The van der Waals surface area contributed by atoms with Gasteiger partial charge in [-0.25, -0.2) is 0 Å². The Morgan fingerprint density at radius 2 is 1.56 bits per heavy atom. The van der Waals surface area contributed by atoms with Crippen LogP contribution in [0.2, 0.25) is 0 Å². The number of hydrogen-bond donors (Lipinski definition) is 1. The Labute approximate surface area is 115 Å². The second-order valence-electron chi connectivity index (χ2n) is 6.35. The quantitative estimate of drug-likeness (QED) is 0.531. The van der Waals surface area contributed by atoms with Gasteiger partial charge >= 0.3 is 0 Å². The average Bonchev–Trinajstić information content (AvgIpc) is 2.39. The van der Waals surface area contributed by atoms with Crippen LogP contribution in [0, 0.1) is 11.8 Å². The van der Waals surface area contributed by atoms with Crippen molar-refractivity contribution in [2.75, 3.05) is 13.1 Å². The Morgan fingerprint density at radius 3 is 2.28 bits per heavy atom. The van der Waals surface area contributed by atoms with Crippen molar-refractivity contribution >= 4 is 0 Å². The molecule has 0 aliphatic heterocycles. The Morgan fingerprint density at radius 1 is 0.889 bits per heavy atom. The van der Waals surface area contributed by atoms with Gasteiger partial charge in [-0.15, -0.1) is 0 Å². The summed E-state index contributed by atoms with van der Waals surface area (Å²) in [5.41, 5.74) is 0. The van der Waals surface area contributed by atoms with E-state index in [9.17, 15) is 0 Å². The Balaban J connectivity index is 1.83. The molecule has 1 rings (SSSR count). The monoisotopic (exact) mass is 253 g/mol. The molecule has 18 heavy (non-hydrogen) atoms. The van der Waals surface area contributed by atoms with Gasteiger partial charge in [-0.05, 0) is 37.8 Å². The van der Waals surface area contributed by atoms with Crippen LogP contribution in [0.1, 0.15) is 84.5 Å². The first-order chi connectivity index (χ1) is 8.84. The summed E-state index contributed by atoms with van der Waals surface area (Å²) in [4.78, 5) is 0. The largest absolute Gasteiger partial charge is 0.316 e. The van der Waals surface area contributed by atoms with E-state index in [0.29, 0.717) is 0 Å². The van der Waals surface area contributed by atoms with E-state index in [2.05, 4.69) is 19.2 Å². The molecule has 108 valence electrons. The maximum absolute atomic E-state index is 3.69. The molecule has 1 N–H and O–H groups in total. The van der Waals surface area contributed by atoms with Crippen LogP contribution >= 0.6 is 0 Å². The second kappa shape index (κ2) is 10.8. The fraction of sp³-hybridized carbons (Fsp3) is 1.00. The summed E-state index contributed by atoms with van der Waals surface area (Å²) in [6.45, 7) is 7.25. The van der Waals surface area contributed by atoms with Crippen molar-refractivity contribution in [3.63, 3.8) is 0 Å². The van der Waals surface area contributed by atoms with Gasteiger partial charge in [0, 0.05) is 0 Å². The van der Waals surface area contributed by atoms with E-state index in [0.717, 1.165) is 11.8 Å².